The molecule has 7 aromatic carbocycles. The summed E-state index contributed by atoms with van der Waals surface area (Å²) in [6.45, 7) is 0. The molecule has 40 heavy (non-hydrogen) atoms. The fourth-order valence-corrected chi connectivity index (χ4v) is 6.59. The van der Waals surface area contributed by atoms with Gasteiger partial charge in [-0.3, -0.25) is 0 Å². The standard InChI is InChI=1S/C38H23NO/c1-3-12-27-24(10-1)22-25-11-2-4-13-28(25)37(27)39-34-18-7-5-14-30(34)33-23-26(20-21-35(33)39)29-16-9-17-32-31-15-6-8-19-36(31)40-38(29)32/h1-23H. The molecule has 0 saturated carbocycles. The second-order valence-electron chi connectivity index (χ2n) is 10.5. The van der Waals surface area contributed by atoms with Crippen LogP contribution >= 0.6 is 0 Å². The summed E-state index contributed by atoms with van der Waals surface area (Å²) < 4.78 is 8.86. The summed E-state index contributed by atoms with van der Waals surface area (Å²) in [5, 5.41) is 9.77. The van der Waals surface area contributed by atoms with Crippen molar-refractivity contribution in [3.8, 4) is 16.8 Å². The number of aromatic nitrogens is 1. The van der Waals surface area contributed by atoms with E-state index < -0.39 is 0 Å². The minimum Gasteiger partial charge on any atom is -0.455 e. The van der Waals surface area contributed by atoms with Crippen molar-refractivity contribution in [2.24, 2.45) is 0 Å². The molecular formula is C38H23NO. The topological polar surface area (TPSA) is 18.1 Å². The highest BCUT2D eigenvalue weighted by molar-refractivity contribution is 6.16. The van der Waals surface area contributed by atoms with Crippen LogP contribution in [0.4, 0.5) is 0 Å². The quantitative estimate of drug-likeness (QED) is 0.212. The van der Waals surface area contributed by atoms with E-state index >= 15 is 0 Å². The van der Waals surface area contributed by atoms with E-state index in [0.717, 1.165) is 33.1 Å². The molecule has 0 aliphatic rings. The molecule has 0 amide bonds. The third-order valence-electron chi connectivity index (χ3n) is 8.35. The monoisotopic (exact) mass is 509 g/mol. The predicted octanol–water partition coefficient (Wildman–Crippen LogP) is 10.7. The lowest BCUT2D eigenvalue weighted by Gasteiger charge is -2.15. The molecule has 186 valence electrons. The lowest BCUT2D eigenvalue weighted by atomic mass is 10.00. The molecule has 0 aliphatic carbocycles. The minimum atomic E-state index is 0.922. The normalized spacial score (nSPS) is 12.0. The van der Waals surface area contributed by atoms with Gasteiger partial charge in [-0.1, -0.05) is 109 Å². The van der Waals surface area contributed by atoms with E-state index in [1.54, 1.807) is 0 Å². The lowest BCUT2D eigenvalue weighted by molar-refractivity contribution is 0.670. The first-order valence-corrected chi connectivity index (χ1v) is 13.7. The van der Waals surface area contributed by atoms with Crippen molar-refractivity contribution in [1.29, 1.82) is 0 Å². The van der Waals surface area contributed by atoms with Crippen LogP contribution in [-0.2, 0) is 0 Å². The van der Waals surface area contributed by atoms with Crippen LogP contribution in [0.15, 0.2) is 144 Å². The van der Waals surface area contributed by atoms with Crippen LogP contribution in [0.5, 0.6) is 0 Å². The average molecular weight is 510 g/mol. The van der Waals surface area contributed by atoms with Crippen LogP contribution < -0.4 is 0 Å². The Labute approximate surface area is 230 Å². The smallest absolute Gasteiger partial charge is 0.143 e. The van der Waals surface area contributed by atoms with Crippen molar-refractivity contribution >= 4 is 65.3 Å². The molecule has 9 rings (SSSR count). The van der Waals surface area contributed by atoms with Crippen molar-refractivity contribution in [3.63, 3.8) is 0 Å². The molecule has 0 radical (unpaired) electrons. The summed E-state index contributed by atoms with van der Waals surface area (Å²) in [6, 6.07) is 50.1. The molecule has 2 aromatic heterocycles. The van der Waals surface area contributed by atoms with E-state index in [4.69, 9.17) is 4.42 Å². The second-order valence-corrected chi connectivity index (χ2v) is 10.5. The summed E-state index contributed by atoms with van der Waals surface area (Å²) in [6.07, 6.45) is 0. The maximum Gasteiger partial charge on any atom is 0.143 e. The number of nitrogens with zero attached hydrogens (tertiary/aromatic N) is 1. The third-order valence-corrected chi connectivity index (χ3v) is 8.35. The first-order valence-electron chi connectivity index (χ1n) is 13.7. The summed E-state index contributed by atoms with van der Waals surface area (Å²) in [4.78, 5) is 0. The highest BCUT2D eigenvalue weighted by Crippen LogP contribution is 2.41. The van der Waals surface area contributed by atoms with Gasteiger partial charge in [0, 0.05) is 37.9 Å². The van der Waals surface area contributed by atoms with Crippen molar-refractivity contribution in [2.75, 3.05) is 0 Å². The first-order chi connectivity index (χ1) is 19.8. The van der Waals surface area contributed by atoms with Crippen molar-refractivity contribution in [1.82, 2.24) is 4.57 Å². The van der Waals surface area contributed by atoms with Gasteiger partial charge < -0.3 is 8.98 Å². The van der Waals surface area contributed by atoms with E-state index in [2.05, 4.69) is 132 Å². The fraction of sp³-hybridized carbons (Fsp3) is 0. The zero-order chi connectivity index (χ0) is 26.2. The van der Waals surface area contributed by atoms with Gasteiger partial charge in [-0.15, -0.1) is 0 Å². The molecule has 2 nitrogen and oxygen atoms in total. The maximum absolute atomic E-state index is 6.40. The van der Waals surface area contributed by atoms with Gasteiger partial charge >= 0.3 is 0 Å². The molecule has 0 aliphatic heterocycles. The largest absolute Gasteiger partial charge is 0.455 e. The highest BCUT2D eigenvalue weighted by Gasteiger charge is 2.18. The lowest BCUT2D eigenvalue weighted by Crippen LogP contribution is -1.97. The van der Waals surface area contributed by atoms with Gasteiger partial charge in [-0.05, 0) is 46.7 Å². The van der Waals surface area contributed by atoms with Gasteiger partial charge in [-0.2, -0.15) is 0 Å². The Kier molecular flexibility index (Phi) is 4.36. The second kappa shape index (κ2) is 8.08. The van der Waals surface area contributed by atoms with E-state index in [1.165, 1.54) is 49.0 Å². The zero-order valence-corrected chi connectivity index (χ0v) is 21.6. The van der Waals surface area contributed by atoms with Gasteiger partial charge in [0.2, 0.25) is 0 Å². The Hall–Kier alpha value is -5.34. The first kappa shape index (κ1) is 21.6. The molecule has 0 atom stereocenters. The average Bonchev–Trinajstić information content (AvgIpc) is 3.55. The molecule has 9 aromatic rings. The molecule has 2 heteroatoms. The molecule has 0 saturated heterocycles. The van der Waals surface area contributed by atoms with Gasteiger partial charge in [0.1, 0.15) is 11.2 Å². The molecular weight excluding hydrogens is 486 g/mol. The van der Waals surface area contributed by atoms with Crippen LogP contribution in [-0.4, -0.2) is 4.57 Å². The zero-order valence-electron chi connectivity index (χ0n) is 21.6. The van der Waals surface area contributed by atoms with E-state index in [9.17, 15) is 0 Å². The maximum atomic E-state index is 6.40. The number of rotatable bonds is 2. The number of furan rings is 1. The Morgan fingerprint density at radius 2 is 1.05 bits per heavy atom. The predicted molar refractivity (Wildman–Crippen MR) is 169 cm³/mol. The number of hydrogen-bond acceptors (Lipinski definition) is 1. The van der Waals surface area contributed by atoms with Gasteiger partial charge in [-0.25, -0.2) is 0 Å². The summed E-state index contributed by atoms with van der Waals surface area (Å²) in [7, 11) is 0. The van der Waals surface area contributed by atoms with Crippen LogP contribution in [0.3, 0.4) is 0 Å². The number of fused-ring (bicyclic) bond motifs is 8. The highest BCUT2D eigenvalue weighted by atomic mass is 16.3. The van der Waals surface area contributed by atoms with E-state index in [1.807, 2.05) is 12.1 Å². The van der Waals surface area contributed by atoms with Crippen molar-refractivity contribution in [3.05, 3.63) is 140 Å². The fourth-order valence-electron chi connectivity index (χ4n) is 6.59. The SMILES string of the molecule is c1ccc2c(-n3c4ccccc4c4cc(-c5cccc6c5oc5ccccc56)ccc43)c3ccccc3cc2c1. The number of para-hydroxylation sites is 3. The van der Waals surface area contributed by atoms with Crippen molar-refractivity contribution in [2.45, 2.75) is 0 Å². The molecule has 2 heterocycles. The van der Waals surface area contributed by atoms with Gasteiger partial charge in [0.15, 0.2) is 0 Å². The van der Waals surface area contributed by atoms with E-state index in [0.29, 0.717) is 0 Å². The minimum absolute atomic E-state index is 0.922. The van der Waals surface area contributed by atoms with Crippen LogP contribution in [0.25, 0.3) is 82.1 Å². The number of benzene rings is 7. The molecule has 0 fully saturated rings. The molecule has 0 bridgehead atoms. The molecule has 0 spiro atoms. The van der Waals surface area contributed by atoms with Crippen LogP contribution in [0, 0.1) is 0 Å². The van der Waals surface area contributed by atoms with E-state index in [-0.39, 0.29) is 0 Å². The van der Waals surface area contributed by atoms with Gasteiger partial charge in [0.05, 0.1) is 16.7 Å². The third kappa shape index (κ3) is 2.93. The molecule has 0 N–H and O–H groups in total. The summed E-state index contributed by atoms with van der Waals surface area (Å²) in [5.74, 6) is 0. The van der Waals surface area contributed by atoms with Crippen molar-refractivity contribution < 1.29 is 4.42 Å². The molecule has 0 unspecified atom stereocenters. The summed E-state index contributed by atoms with van der Waals surface area (Å²) in [5.41, 5.74) is 7.76. The van der Waals surface area contributed by atoms with Crippen LogP contribution in [0.1, 0.15) is 0 Å². The number of hydrogen-bond donors (Lipinski definition) is 0. The Morgan fingerprint density at radius 3 is 1.85 bits per heavy atom. The van der Waals surface area contributed by atoms with Crippen LogP contribution in [0.2, 0.25) is 0 Å². The Balaban J connectivity index is 1.39. The Bertz CT molecular complexity index is 2390. The Morgan fingerprint density at radius 1 is 0.425 bits per heavy atom. The van der Waals surface area contributed by atoms with Gasteiger partial charge in [0.25, 0.3) is 0 Å². The summed E-state index contributed by atoms with van der Waals surface area (Å²) >= 11 is 0.